The number of aromatic hydroxyl groups is 2. The largest absolute Gasteiger partial charge is 0.508 e. The van der Waals surface area contributed by atoms with Crippen molar-refractivity contribution in [1.29, 1.82) is 0 Å². The smallest absolute Gasteiger partial charge is 0.336 e. The summed E-state index contributed by atoms with van der Waals surface area (Å²) >= 11 is 0. The van der Waals surface area contributed by atoms with Crippen LogP contribution in [0.3, 0.4) is 0 Å². The van der Waals surface area contributed by atoms with Crippen molar-refractivity contribution in [3.8, 4) is 17.2 Å². The molecule has 58 heavy (non-hydrogen) atoms. The number of fused-ring (bicyclic) bond motifs is 5. The monoisotopic (exact) mass is 790 g/mol. The van der Waals surface area contributed by atoms with E-state index < -0.39 is 66.4 Å². The van der Waals surface area contributed by atoms with Gasteiger partial charge in [0, 0.05) is 59.3 Å². The quantitative estimate of drug-likeness (QED) is 0.0893. The van der Waals surface area contributed by atoms with E-state index in [-0.39, 0.29) is 57.5 Å². The normalized spacial score (nSPS) is 23.8. The molecular formula is C44H46N4O10. The Hall–Kier alpha value is -5.96. The van der Waals surface area contributed by atoms with Crippen LogP contribution >= 0.6 is 0 Å². The van der Waals surface area contributed by atoms with E-state index in [1.807, 2.05) is 25.1 Å². The molecule has 4 bridgehead atoms. The number of ether oxygens (including phenoxy) is 2. The number of benzene rings is 2. The number of hydrogen-bond acceptors (Lipinski definition) is 14. The zero-order chi connectivity index (χ0) is 41.0. The molecule has 0 unspecified atom stereocenters. The molecule has 3 aromatic heterocycles. The Bertz CT molecular complexity index is 2520. The molecule has 302 valence electrons. The van der Waals surface area contributed by atoms with Crippen molar-refractivity contribution in [2.24, 2.45) is 5.92 Å². The number of anilines is 2. The van der Waals surface area contributed by atoms with Crippen molar-refractivity contribution in [2.75, 3.05) is 24.7 Å². The van der Waals surface area contributed by atoms with Gasteiger partial charge in [0.1, 0.15) is 63.9 Å². The molecular weight excluding hydrogens is 745 g/mol. The summed E-state index contributed by atoms with van der Waals surface area (Å²) in [7, 11) is 0. The molecule has 0 saturated heterocycles. The van der Waals surface area contributed by atoms with Gasteiger partial charge in [-0.3, -0.25) is 4.79 Å². The highest BCUT2D eigenvalue weighted by Gasteiger charge is 2.54. The predicted molar refractivity (Wildman–Crippen MR) is 213 cm³/mol. The summed E-state index contributed by atoms with van der Waals surface area (Å²) in [6.45, 7) is 1.82. The molecule has 6 atom stereocenters. The number of nitrogens with zero attached hydrogens (tertiary/aromatic N) is 2. The Kier molecular flexibility index (Phi) is 10.1. The number of allylic oxidation sites excluding steroid dienone is 1. The summed E-state index contributed by atoms with van der Waals surface area (Å²) in [5, 5.41) is 54.8. The third-order valence-electron chi connectivity index (χ3n) is 12.5. The summed E-state index contributed by atoms with van der Waals surface area (Å²) < 4.78 is 20.0. The first kappa shape index (κ1) is 38.9. The summed E-state index contributed by atoms with van der Waals surface area (Å²) in [4.78, 5) is 36.8. The fraction of sp³-hybridized carbons (Fsp3) is 0.364. The first-order valence-corrected chi connectivity index (χ1v) is 19.4. The van der Waals surface area contributed by atoms with Crippen LogP contribution in [0.1, 0.15) is 89.1 Å². The van der Waals surface area contributed by atoms with Crippen molar-refractivity contribution >= 4 is 28.6 Å². The first-order valence-electron chi connectivity index (χ1n) is 19.4. The van der Waals surface area contributed by atoms with Crippen LogP contribution in [0.25, 0.3) is 11.0 Å². The second kappa shape index (κ2) is 15.1. The van der Waals surface area contributed by atoms with Gasteiger partial charge in [-0.2, -0.15) is 0 Å². The van der Waals surface area contributed by atoms with Crippen molar-refractivity contribution in [3.05, 3.63) is 121 Å². The van der Waals surface area contributed by atoms with Gasteiger partial charge in [0.15, 0.2) is 5.43 Å². The van der Waals surface area contributed by atoms with Crippen LogP contribution in [0.5, 0.6) is 17.2 Å². The number of nitrogen functional groups attached to an aromatic ring is 2. The topological polar surface area (TPSA) is 245 Å². The van der Waals surface area contributed by atoms with E-state index in [0.717, 1.165) is 17.2 Å². The number of rotatable bonds is 7. The van der Waals surface area contributed by atoms with E-state index in [9.17, 15) is 35.1 Å². The number of nitrogens with two attached hydrogens (primary N) is 2. The second-order valence-corrected chi connectivity index (χ2v) is 15.7. The number of aliphatic hydroxyl groups is 3. The van der Waals surface area contributed by atoms with E-state index in [4.69, 9.17) is 25.4 Å². The number of phenolic OH excluding ortho intramolecular Hbond substituents is 2. The van der Waals surface area contributed by atoms with E-state index >= 15 is 0 Å². The lowest BCUT2D eigenvalue weighted by Gasteiger charge is -2.49. The number of aliphatic hydroxyl groups excluding tert-OH is 3. The third-order valence-corrected chi connectivity index (χ3v) is 12.5. The van der Waals surface area contributed by atoms with Crippen LogP contribution in [0, 0.1) is 5.92 Å². The summed E-state index contributed by atoms with van der Waals surface area (Å²) in [5.74, 6) is -3.04. The third kappa shape index (κ3) is 6.41. The molecule has 5 aromatic rings. The predicted octanol–water partition coefficient (Wildman–Crippen LogP) is 4.40. The van der Waals surface area contributed by atoms with Gasteiger partial charge in [-0.1, -0.05) is 18.2 Å². The van der Waals surface area contributed by atoms with Crippen molar-refractivity contribution in [1.82, 2.24) is 9.97 Å². The molecule has 0 radical (unpaired) electrons. The molecule has 0 amide bonds. The Morgan fingerprint density at radius 1 is 1.05 bits per heavy atom. The summed E-state index contributed by atoms with van der Waals surface area (Å²) in [6, 6.07) is 11.6. The minimum absolute atomic E-state index is 0.00810. The van der Waals surface area contributed by atoms with Crippen molar-refractivity contribution in [3.63, 3.8) is 0 Å². The Morgan fingerprint density at radius 2 is 1.86 bits per heavy atom. The summed E-state index contributed by atoms with van der Waals surface area (Å²) in [6.07, 6.45) is 5.39. The molecule has 3 aliphatic rings. The lowest BCUT2D eigenvalue weighted by molar-refractivity contribution is -0.165. The minimum atomic E-state index is -1.38. The number of aromatic nitrogens is 2. The summed E-state index contributed by atoms with van der Waals surface area (Å²) in [5.41, 5.74) is 15.1. The number of carbonyl (C=O) groups is 1. The lowest BCUT2D eigenvalue weighted by atomic mass is 9.67. The zero-order valence-electron chi connectivity index (χ0n) is 32.1. The van der Waals surface area contributed by atoms with Crippen LogP contribution in [0.2, 0.25) is 0 Å². The molecule has 0 fully saturated rings. The Labute approximate surface area is 333 Å². The first-order chi connectivity index (χ1) is 27.9. The second-order valence-electron chi connectivity index (χ2n) is 15.7. The van der Waals surface area contributed by atoms with Gasteiger partial charge in [0.25, 0.3) is 0 Å². The average molecular weight is 791 g/mol. The highest BCUT2D eigenvalue weighted by atomic mass is 16.6. The number of esters is 1. The fourth-order valence-electron chi connectivity index (χ4n) is 9.55. The highest BCUT2D eigenvalue weighted by Crippen LogP contribution is 2.58. The average Bonchev–Trinajstić information content (AvgIpc) is 3.25. The maximum atomic E-state index is 14.0. The number of hydrogen-bond donors (Lipinski definition) is 7. The van der Waals surface area contributed by atoms with Gasteiger partial charge < -0.3 is 50.9 Å². The Balaban J connectivity index is 1.53. The molecule has 14 heteroatoms. The van der Waals surface area contributed by atoms with Gasteiger partial charge >= 0.3 is 5.97 Å². The van der Waals surface area contributed by atoms with Crippen LogP contribution in [0.15, 0.2) is 75.7 Å². The molecule has 0 spiro atoms. The van der Waals surface area contributed by atoms with Gasteiger partial charge in [-0.15, -0.1) is 0 Å². The number of aryl methyl sites for hydroxylation is 1. The van der Waals surface area contributed by atoms with Gasteiger partial charge in [0.2, 0.25) is 0 Å². The van der Waals surface area contributed by atoms with Gasteiger partial charge in [-0.25, -0.2) is 14.8 Å². The molecule has 0 saturated carbocycles. The van der Waals surface area contributed by atoms with Crippen LogP contribution in [-0.2, 0) is 35.4 Å². The Morgan fingerprint density at radius 3 is 2.57 bits per heavy atom. The maximum Gasteiger partial charge on any atom is 0.336 e. The van der Waals surface area contributed by atoms with Gasteiger partial charge in [-0.05, 0) is 92.0 Å². The van der Waals surface area contributed by atoms with Crippen LogP contribution in [0.4, 0.5) is 11.6 Å². The standard InChI is InChI=1S/C44H46N4O10/c1-3-22(18-49)43(55)57-33-16-30-39(54)37-32(53)15-27(19-50)56-41(37)38-36-28-10-11-47-42(46)35(28)24(6-5-23-7-8-26(52)14-29(23)31(36)20-51)13-25(44(33,2)58-40(30)38)12-21-4-9-34(45)48-17-21/h3-4,7-11,14-15,17,24-25,31,33,36,49-52,54H,5-6,12-13,16,18-20H2,1-2H3,(H2,45,48)(H2,46,47)/b22-3-/t24-,25+,31+,33+,36+,44-/m0/s1. The van der Waals surface area contributed by atoms with E-state index in [1.54, 1.807) is 37.5 Å². The molecule has 1 aliphatic carbocycles. The molecule has 2 aliphatic heterocycles. The number of carbonyl (C=O) groups excluding carboxylic acids is 1. The molecule has 9 N–H and O–H groups in total. The molecule has 2 aromatic carbocycles. The zero-order valence-corrected chi connectivity index (χ0v) is 32.1. The maximum absolute atomic E-state index is 14.0. The van der Waals surface area contributed by atoms with E-state index in [1.165, 1.54) is 6.08 Å². The molecule has 5 heterocycles. The number of pyridine rings is 2. The fourth-order valence-corrected chi connectivity index (χ4v) is 9.55. The minimum Gasteiger partial charge on any atom is -0.508 e. The molecule has 14 nitrogen and oxygen atoms in total. The van der Waals surface area contributed by atoms with Crippen LogP contribution in [-0.4, -0.2) is 66.4 Å². The van der Waals surface area contributed by atoms with Gasteiger partial charge in [0.05, 0.1) is 18.8 Å². The van der Waals surface area contributed by atoms with E-state index in [2.05, 4.69) is 9.97 Å². The molecule has 8 rings (SSSR count). The number of phenols is 2. The SMILES string of the molecule is C/C=C(/CO)C(=O)O[C@@H]1Cc2c3c(c4oc(CO)cc(=O)c4c2O)[C@@H]2c4ccnc(N)c4[C@@H](CCc4ccc(O)cc4[C@H]2CO)C[C@@H](Cc2ccc(N)nc2)[C@]1(C)O3. The lowest BCUT2D eigenvalue weighted by Crippen LogP contribution is -2.57. The van der Waals surface area contributed by atoms with E-state index in [0.29, 0.717) is 53.8 Å². The van der Waals surface area contributed by atoms with Crippen LogP contribution < -0.4 is 21.6 Å². The highest BCUT2D eigenvalue weighted by molar-refractivity contribution is 5.92. The van der Waals surface area contributed by atoms with Crippen molar-refractivity contribution in [2.45, 2.75) is 82.0 Å². The van der Waals surface area contributed by atoms with Crippen molar-refractivity contribution < 1.29 is 44.2 Å².